The molecule has 0 fully saturated rings. The maximum Gasteiger partial charge on any atom is 0.307 e. The van der Waals surface area contributed by atoms with Gasteiger partial charge in [-0.05, 0) is 5.56 Å². The molecule has 2 aromatic heterocycles. The molecule has 0 unspecified atom stereocenters. The van der Waals surface area contributed by atoms with Gasteiger partial charge in [-0.1, -0.05) is 11.6 Å². The molecule has 2 rings (SSSR count). The van der Waals surface area contributed by atoms with Crippen LogP contribution in [0.4, 0.5) is 0 Å². The summed E-state index contributed by atoms with van der Waals surface area (Å²) in [6.45, 7) is 0. The fraction of sp³-hybridized carbons (Fsp3) is 0.222. The lowest BCUT2D eigenvalue weighted by Gasteiger charge is -2.02. The van der Waals surface area contributed by atoms with Gasteiger partial charge >= 0.3 is 5.97 Å². The van der Waals surface area contributed by atoms with E-state index in [0.717, 1.165) is 0 Å². The highest BCUT2D eigenvalue weighted by atomic mass is 35.5. The minimum atomic E-state index is -0.923. The van der Waals surface area contributed by atoms with Crippen molar-refractivity contribution in [1.82, 2.24) is 14.8 Å². The third-order valence-corrected chi connectivity index (χ3v) is 2.47. The fourth-order valence-electron chi connectivity index (χ4n) is 1.45. The average molecular weight is 226 g/mol. The molecule has 5 nitrogen and oxygen atoms in total. The summed E-state index contributed by atoms with van der Waals surface area (Å²) in [5, 5.41) is 13.8. The van der Waals surface area contributed by atoms with E-state index in [1.165, 1.54) is 6.20 Å². The molecular weight excluding hydrogens is 218 g/mol. The highest BCUT2D eigenvalue weighted by molar-refractivity contribution is 6.32. The number of halogens is 1. The summed E-state index contributed by atoms with van der Waals surface area (Å²) < 4.78 is 1.58. The van der Waals surface area contributed by atoms with Gasteiger partial charge in [0.25, 0.3) is 0 Å². The Morgan fingerprint density at radius 3 is 3.00 bits per heavy atom. The third kappa shape index (κ3) is 1.66. The van der Waals surface area contributed by atoms with Gasteiger partial charge in [0.1, 0.15) is 0 Å². The maximum atomic E-state index is 10.7. The quantitative estimate of drug-likeness (QED) is 0.835. The van der Waals surface area contributed by atoms with Crippen LogP contribution in [0, 0.1) is 0 Å². The molecule has 1 N–H and O–H groups in total. The number of rotatable bonds is 2. The highest BCUT2D eigenvalue weighted by Gasteiger charge is 2.13. The van der Waals surface area contributed by atoms with Crippen LogP contribution < -0.4 is 0 Å². The zero-order valence-electron chi connectivity index (χ0n) is 7.94. The van der Waals surface area contributed by atoms with Crippen molar-refractivity contribution < 1.29 is 9.90 Å². The van der Waals surface area contributed by atoms with E-state index in [2.05, 4.69) is 10.1 Å². The summed E-state index contributed by atoms with van der Waals surface area (Å²) in [7, 11) is 1.74. The van der Waals surface area contributed by atoms with Crippen LogP contribution in [0.15, 0.2) is 12.4 Å². The largest absolute Gasteiger partial charge is 0.481 e. The predicted molar refractivity (Wildman–Crippen MR) is 54.9 cm³/mol. The van der Waals surface area contributed by atoms with Gasteiger partial charge in [-0.2, -0.15) is 5.10 Å². The highest BCUT2D eigenvalue weighted by Crippen LogP contribution is 2.24. The van der Waals surface area contributed by atoms with E-state index in [1.54, 1.807) is 17.9 Å². The van der Waals surface area contributed by atoms with Crippen molar-refractivity contribution >= 4 is 28.6 Å². The van der Waals surface area contributed by atoms with Crippen LogP contribution in [0.3, 0.4) is 0 Å². The van der Waals surface area contributed by atoms with Crippen LogP contribution in [0.5, 0.6) is 0 Å². The molecule has 6 heteroatoms. The third-order valence-electron chi connectivity index (χ3n) is 2.15. The van der Waals surface area contributed by atoms with E-state index in [9.17, 15) is 4.79 Å². The number of carboxylic acid groups (broad SMARTS) is 1. The van der Waals surface area contributed by atoms with E-state index in [-0.39, 0.29) is 6.42 Å². The predicted octanol–water partition coefficient (Wildman–Crippen LogP) is 1.25. The number of hydrogen-bond donors (Lipinski definition) is 1. The fourth-order valence-corrected chi connectivity index (χ4v) is 1.67. The normalized spacial score (nSPS) is 10.8. The average Bonchev–Trinajstić information content (AvgIpc) is 2.52. The first-order valence-electron chi connectivity index (χ1n) is 4.26. The zero-order valence-corrected chi connectivity index (χ0v) is 8.69. The van der Waals surface area contributed by atoms with Crippen LogP contribution >= 0.6 is 11.6 Å². The van der Waals surface area contributed by atoms with Crippen molar-refractivity contribution in [1.29, 1.82) is 0 Å². The lowest BCUT2D eigenvalue weighted by molar-refractivity contribution is -0.136. The number of aliphatic carboxylic acids is 1. The Kier molecular flexibility index (Phi) is 2.32. The second-order valence-electron chi connectivity index (χ2n) is 3.16. The number of aromatic nitrogens is 3. The molecule has 0 atom stereocenters. The molecular formula is C9H8ClN3O2. The van der Waals surface area contributed by atoms with Crippen LogP contribution in [-0.4, -0.2) is 25.8 Å². The van der Waals surface area contributed by atoms with Gasteiger partial charge in [-0.25, -0.2) is 4.98 Å². The van der Waals surface area contributed by atoms with Crippen LogP contribution in [0.2, 0.25) is 5.02 Å². The number of pyridine rings is 1. The topological polar surface area (TPSA) is 68.0 Å². The summed E-state index contributed by atoms with van der Waals surface area (Å²) in [6, 6.07) is 0. The van der Waals surface area contributed by atoms with E-state index in [1.807, 2.05) is 0 Å². The molecule has 0 aliphatic heterocycles. The minimum absolute atomic E-state index is 0.121. The molecule has 78 valence electrons. The number of aryl methyl sites for hydroxylation is 1. The summed E-state index contributed by atoms with van der Waals surface area (Å²) in [5.41, 5.74) is 1.19. The standard InChI is InChI=1S/C9H8ClN3O2/c1-13-9-6(3-12-13)5(2-8(14)15)7(10)4-11-9/h3-4H,2H2,1H3,(H,14,15). The second-order valence-corrected chi connectivity index (χ2v) is 3.57. The Balaban J connectivity index is 2.68. The van der Waals surface area contributed by atoms with Gasteiger partial charge in [-0.15, -0.1) is 0 Å². The van der Waals surface area contributed by atoms with Gasteiger partial charge in [0.05, 0.1) is 17.6 Å². The molecule has 0 aliphatic rings. The first kappa shape index (κ1) is 9.92. The first-order valence-corrected chi connectivity index (χ1v) is 4.64. The molecule has 2 aromatic rings. The second kappa shape index (κ2) is 3.51. The number of fused-ring (bicyclic) bond motifs is 1. The Hall–Kier alpha value is -1.62. The molecule has 0 aromatic carbocycles. The lowest BCUT2D eigenvalue weighted by Crippen LogP contribution is -2.02. The van der Waals surface area contributed by atoms with Gasteiger partial charge in [0.2, 0.25) is 0 Å². The maximum absolute atomic E-state index is 10.7. The first-order chi connectivity index (χ1) is 7.09. The van der Waals surface area contributed by atoms with E-state index < -0.39 is 5.97 Å². The van der Waals surface area contributed by atoms with E-state index in [4.69, 9.17) is 16.7 Å². The lowest BCUT2D eigenvalue weighted by atomic mass is 10.1. The molecule has 0 amide bonds. The number of carbonyl (C=O) groups is 1. The summed E-state index contributed by atoms with van der Waals surface area (Å²) in [4.78, 5) is 14.7. The SMILES string of the molecule is Cn1ncc2c(CC(=O)O)c(Cl)cnc21. The van der Waals surface area contributed by atoms with Gasteiger partial charge < -0.3 is 5.11 Å². The Labute approximate surface area is 90.3 Å². The number of hydrogen-bond acceptors (Lipinski definition) is 3. The van der Waals surface area contributed by atoms with Crippen LogP contribution in [0.25, 0.3) is 11.0 Å². The van der Waals surface area contributed by atoms with Crippen molar-refractivity contribution in [3.63, 3.8) is 0 Å². The van der Waals surface area contributed by atoms with E-state index >= 15 is 0 Å². The van der Waals surface area contributed by atoms with Gasteiger partial charge in [0.15, 0.2) is 5.65 Å². The molecule has 0 aliphatic carbocycles. The number of carboxylic acids is 1. The van der Waals surface area contributed by atoms with Gasteiger partial charge in [-0.3, -0.25) is 9.48 Å². The van der Waals surface area contributed by atoms with Crippen molar-refractivity contribution in [3.05, 3.63) is 23.0 Å². The smallest absolute Gasteiger partial charge is 0.307 e. The Morgan fingerprint density at radius 2 is 2.33 bits per heavy atom. The van der Waals surface area contributed by atoms with Crippen molar-refractivity contribution in [2.75, 3.05) is 0 Å². The van der Waals surface area contributed by atoms with Crippen molar-refractivity contribution in [2.24, 2.45) is 7.05 Å². The van der Waals surface area contributed by atoms with Crippen molar-refractivity contribution in [2.45, 2.75) is 6.42 Å². The monoisotopic (exact) mass is 225 g/mol. The molecule has 0 saturated carbocycles. The van der Waals surface area contributed by atoms with Crippen molar-refractivity contribution in [3.8, 4) is 0 Å². The molecule has 15 heavy (non-hydrogen) atoms. The molecule has 0 bridgehead atoms. The Morgan fingerprint density at radius 1 is 1.60 bits per heavy atom. The zero-order chi connectivity index (χ0) is 11.0. The number of nitrogens with zero attached hydrogens (tertiary/aromatic N) is 3. The molecule has 0 spiro atoms. The van der Waals surface area contributed by atoms with E-state index in [0.29, 0.717) is 21.6 Å². The molecule has 0 saturated heterocycles. The Bertz CT molecular complexity index is 535. The summed E-state index contributed by atoms with van der Waals surface area (Å²) >= 11 is 5.89. The van der Waals surface area contributed by atoms with Gasteiger partial charge in [0, 0.05) is 18.6 Å². The molecule has 0 radical (unpaired) electrons. The minimum Gasteiger partial charge on any atom is -0.481 e. The summed E-state index contributed by atoms with van der Waals surface area (Å²) in [6.07, 6.45) is 2.90. The van der Waals surface area contributed by atoms with Crippen LogP contribution in [-0.2, 0) is 18.3 Å². The molecule has 2 heterocycles. The summed E-state index contributed by atoms with van der Waals surface area (Å²) in [5.74, 6) is -0.923. The van der Waals surface area contributed by atoms with Crippen LogP contribution in [0.1, 0.15) is 5.56 Å².